The van der Waals surface area contributed by atoms with E-state index in [1.54, 1.807) is 37.4 Å². The van der Waals surface area contributed by atoms with E-state index in [1.165, 1.54) is 12.7 Å². The van der Waals surface area contributed by atoms with Gasteiger partial charge in [0.1, 0.15) is 17.2 Å². The molecule has 1 heterocycles. The van der Waals surface area contributed by atoms with Crippen LogP contribution < -0.4 is 19.5 Å². The van der Waals surface area contributed by atoms with Crippen LogP contribution in [0, 0.1) is 0 Å². The Morgan fingerprint density at radius 2 is 1.77 bits per heavy atom. The first-order valence-corrected chi connectivity index (χ1v) is 11.6. The predicted molar refractivity (Wildman–Crippen MR) is 129 cm³/mol. The minimum Gasteiger partial charge on any atom is -0.497 e. The lowest BCUT2D eigenvalue weighted by Crippen LogP contribution is -2.43. The van der Waals surface area contributed by atoms with Gasteiger partial charge in [-0.15, -0.1) is 0 Å². The molecule has 3 aromatic carbocycles. The Morgan fingerprint density at radius 1 is 0.971 bits per heavy atom. The van der Waals surface area contributed by atoms with Crippen LogP contribution >= 0.6 is 0 Å². The second kappa shape index (κ2) is 9.70. The summed E-state index contributed by atoms with van der Waals surface area (Å²) in [5.74, 6) is 1.19. The number of nitrogens with one attached hydrogen (secondary N) is 1. The maximum Gasteiger partial charge on any atom is 0.408 e. The van der Waals surface area contributed by atoms with Gasteiger partial charge in [0, 0.05) is 5.56 Å². The molecule has 0 spiro atoms. The Bertz CT molecular complexity index is 1260. The van der Waals surface area contributed by atoms with Crippen molar-refractivity contribution in [2.45, 2.75) is 37.5 Å². The molecular formula is C28H27NO6. The van der Waals surface area contributed by atoms with Crippen LogP contribution in [0.3, 0.4) is 0 Å². The third-order valence-electron chi connectivity index (χ3n) is 6.56. The van der Waals surface area contributed by atoms with Crippen molar-refractivity contribution in [3.05, 3.63) is 89.0 Å². The highest BCUT2D eigenvalue weighted by molar-refractivity contribution is 6.04. The molecule has 1 aliphatic heterocycles. The monoisotopic (exact) mass is 473 g/mol. The lowest BCUT2D eigenvalue weighted by atomic mass is 9.88. The van der Waals surface area contributed by atoms with E-state index in [1.807, 2.05) is 30.3 Å². The number of amides is 1. The van der Waals surface area contributed by atoms with Crippen LogP contribution in [0.4, 0.5) is 4.79 Å². The van der Waals surface area contributed by atoms with Crippen molar-refractivity contribution >= 4 is 11.9 Å². The molecule has 1 N–H and O–H groups in total. The second-order valence-electron chi connectivity index (χ2n) is 8.66. The van der Waals surface area contributed by atoms with Crippen molar-refractivity contribution in [3.8, 4) is 17.2 Å². The van der Waals surface area contributed by atoms with E-state index in [2.05, 4.69) is 11.4 Å². The molecule has 0 radical (unpaired) electrons. The van der Waals surface area contributed by atoms with Gasteiger partial charge in [-0.2, -0.15) is 0 Å². The highest BCUT2D eigenvalue weighted by atomic mass is 16.6. The maximum atomic E-state index is 13.6. The van der Waals surface area contributed by atoms with Gasteiger partial charge in [-0.05, 0) is 60.7 Å². The first-order valence-electron chi connectivity index (χ1n) is 11.6. The van der Waals surface area contributed by atoms with Crippen molar-refractivity contribution in [1.29, 1.82) is 0 Å². The number of ketones is 1. The van der Waals surface area contributed by atoms with Gasteiger partial charge < -0.3 is 24.3 Å². The zero-order valence-electron chi connectivity index (χ0n) is 19.7. The summed E-state index contributed by atoms with van der Waals surface area (Å²) in [7, 11) is 3.09. The molecule has 2 aliphatic rings. The number of ether oxygens (including phenoxy) is 4. The van der Waals surface area contributed by atoms with E-state index in [4.69, 9.17) is 18.9 Å². The molecule has 0 aromatic heterocycles. The lowest BCUT2D eigenvalue weighted by Gasteiger charge is -2.33. The van der Waals surface area contributed by atoms with E-state index in [9.17, 15) is 9.59 Å². The first kappa shape index (κ1) is 22.8. The van der Waals surface area contributed by atoms with Gasteiger partial charge in [-0.1, -0.05) is 36.4 Å². The average Bonchev–Trinajstić information content (AvgIpc) is 2.90. The molecule has 0 unspecified atom stereocenters. The summed E-state index contributed by atoms with van der Waals surface area (Å²) in [6.07, 6.45) is 0.0824. The third-order valence-corrected chi connectivity index (χ3v) is 6.56. The summed E-state index contributed by atoms with van der Waals surface area (Å²) in [5.41, 5.74) is 3.28. The highest BCUT2D eigenvalue weighted by Crippen LogP contribution is 2.39. The van der Waals surface area contributed by atoms with Gasteiger partial charge in [0.2, 0.25) is 11.9 Å². The molecule has 7 heteroatoms. The van der Waals surface area contributed by atoms with Gasteiger partial charge in [-0.25, -0.2) is 4.79 Å². The summed E-state index contributed by atoms with van der Waals surface area (Å²) < 4.78 is 22.6. The first-order chi connectivity index (χ1) is 17.1. The fourth-order valence-corrected chi connectivity index (χ4v) is 4.79. The van der Waals surface area contributed by atoms with E-state index in [0.29, 0.717) is 28.4 Å². The maximum absolute atomic E-state index is 13.6. The van der Waals surface area contributed by atoms with Gasteiger partial charge in [0.15, 0.2) is 6.10 Å². The topological polar surface area (TPSA) is 83.1 Å². The largest absolute Gasteiger partial charge is 0.497 e. The molecule has 180 valence electrons. The number of aryl methyl sites for hydroxylation is 1. The fraction of sp³-hybridized carbons (Fsp3) is 0.286. The normalized spacial score (nSPS) is 20.6. The van der Waals surface area contributed by atoms with Crippen LogP contribution in [0.2, 0.25) is 0 Å². The number of carbonyl (C=O) groups excluding carboxylic acids is 2. The molecule has 35 heavy (non-hydrogen) atoms. The van der Waals surface area contributed by atoms with Crippen LogP contribution in [0.1, 0.15) is 52.0 Å². The van der Waals surface area contributed by atoms with E-state index < -0.39 is 18.3 Å². The Balaban J connectivity index is 1.44. The minimum absolute atomic E-state index is 0.172. The van der Waals surface area contributed by atoms with E-state index in [0.717, 1.165) is 24.8 Å². The summed E-state index contributed by atoms with van der Waals surface area (Å²) in [4.78, 5) is 26.7. The quantitative estimate of drug-likeness (QED) is 0.549. The third kappa shape index (κ3) is 4.54. The standard InChI is InChI=1S/C28H27NO6/c1-32-19-10-5-9-18(15-19)26-27(25(30)22-16-20(33-2)13-14-24(22)34-26)35-28(31)29-23-12-6-8-17-7-3-4-11-21(17)23/h3-5,7,9-11,13-16,23,26-27H,6,8,12H2,1-2H3,(H,29,31)/t23-,26-,27+/m0/s1. The van der Waals surface area contributed by atoms with Crippen molar-refractivity contribution < 1.29 is 28.5 Å². The number of fused-ring (bicyclic) bond motifs is 2. The number of methoxy groups -OCH3 is 2. The molecule has 0 fully saturated rings. The van der Waals surface area contributed by atoms with Crippen molar-refractivity contribution in [2.75, 3.05) is 14.2 Å². The van der Waals surface area contributed by atoms with Crippen LogP contribution in [0.5, 0.6) is 17.2 Å². The Morgan fingerprint density at radius 3 is 2.60 bits per heavy atom. The van der Waals surface area contributed by atoms with Crippen LogP contribution in [-0.4, -0.2) is 32.2 Å². The smallest absolute Gasteiger partial charge is 0.408 e. The summed E-state index contributed by atoms with van der Waals surface area (Å²) >= 11 is 0. The average molecular weight is 474 g/mol. The lowest BCUT2D eigenvalue weighted by molar-refractivity contribution is 0.00795. The molecule has 5 rings (SSSR count). The molecule has 3 atom stereocenters. The van der Waals surface area contributed by atoms with Crippen LogP contribution in [-0.2, 0) is 11.2 Å². The Hall–Kier alpha value is -4.00. The van der Waals surface area contributed by atoms with Gasteiger partial charge in [0.05, 0.1) is 25.8 Å². The molecule has 0 bridgehead atoms. The van der Waals surface area contributed by atoms with Crippen molar-refractivity contribution in [1.82, 2.24) is 5.32 Å². The SMILES string of the molecule is COc1cccc([C@@H]2Oc3ccc(OC)cc3C(=O)[C@H]2OC(=O)N[C@H]2CCCc3ccccc32)c1. The molecule has 0 saturated heterocycles. The summed E-state index contributed by atoms with van der Waals surface area (Å²) in [6.45, 7) is 0. The highest BCUT2D eigenvalue weighted by Gasteiger charge is 2.42. The number of hydrogen-bond acceptors (Lipinski definition) is 6. The van der Waals surface area contributed by atoms with Crippen molar-refractivity contribution in [3.63, 3.8) is 0 Å². The molecular weight excluding hydrogens is 446 g/mol. The number of alkyl carbamates (subject to hydrolysis) is 1. The van der Waals surface area contributed by atoms with Crippen molar-refractivity contribution in [2.24, 2.45) is 0 Å². The minimum atomic E-state index is -1.18. The fourth-order valence-electron chi connectivity index (χ4n) is 4.79. The number of rotatable bonds is 5. The Labute approximate surface area is 204 Å². The zero-order chi connectivity index (χ0) is 24.4. The number of hydrogen-bond donors (Lipinski definition) is 1. The number of carbonyl (C=O) groups is 2. The van der Waals surface area contributed by atoms with Crippen LogP contribution in [0.15, 0.2) is 66.7 Å². The molecule has 3 aromatic rings. The van der Waals surface area contributed by atoms with Gasteiger partial charge in [0.25, 0.3) is 0 Å². The number of benzene rings is 3. The molecule has 1 amide bonds. The molecule has 1 aliphatic carbocycles. The predicted octanol–water partition coefficient (Wildman–Crippen LogP) is 5.19. The second-order valence-corrected chi connectivity index (χ2v) is 8.66. The van der Waals surface area contributed by atoms with Crippen LogP contribution in [0.25, 0.3) is 0 Å². The number of Topliss-reactive ketones (excluding diaryl/α,β-unsaturated/α-hetero) is 1. The summed E-state index contributed by atoms with van der Waals surface area (Å²) in [5, 5.41) is 2.97. The van der Waals surface area contributed by atoms with Gasteiger partial charge in [-0.3, -0.25) is 4.79 Å². The van der Waals surface area contributed by atoms with E-state index in [-0.39, 0.29) is 11.8 Å². The van der Waals surface area contributed by atoms with Gasteiger partial charge >= 0.3 is 6.09 Å². The summed E-state index contributed by atoms with van der Waals surface area (Å²) in [6, 6.07) is 20.1. The molecule has 7 nitrogen and oxygen atoms in total. The Kier molecular flexibility index (Phi) is 6.31. The van der Waals surface area contributed by atoms with E-state index >= 15 is 0 Å². The molecule has 0 saturated carbocycles. The zero-order valence-corrected chi connectivity index (χ0v) is 19.7.